The summed E-state index contributed by atoms with van der Waals surface area (Å²) < 4.78 is 46.0. The molecule has 0 bridgehead atoms. The van der Waals surface area contributed by atoms with Gasteiger partial charge in [-0.15, -0.1) is 0 Å². The predicted octanol–water partition coefficient (Wildman–Crippen LogP) is 2.57. The van der Waals surface area contributed by atoms with Gasteiger partial charge < -0.3 is 0 Å². The van der Waals surface area contributed by atoms with Crippen LogP contribution in [0.5, 0.6) is 0 Å². The van der Waals surface area contributed by atoms with Crippen molar-refractivity contribution in [3.63, 3.8) is 0 Å². The number of alkyl halides is 3. The summed E-state index contributed by atoms with van der Waals surface area (Å²) in [6.07, 6.45) is 0.814. The third-order valence-electron chi connectivity index (χ3n) is 2.06. The summed E-state index contributed by atoms with van der Waals surface area (Å²) >= 11 is 15.8. The Balaban J connectivity index is 3.06. The molecule has 1 aromatic rings. The van der Waals surface area contributed by atoms with Gasteiger partial charge >= 0.3 is 3.12 Å². The number of anilines is 1. The average Bonchev–Trinajstić information content (AvgIpc) is 2.35. The van der Waals surface area contributed by atoms with Crippen LogP contribution < -0.4 is 4.72 Å². The maximum Gasteiger partial charge on any atom is 0.311 e. The first-order valence-corrected chi connectivity index (χ1v) is 9.16. The Morgan fingerprint density at radius 1 is 1.10 bits per heavy atom. The first-order chi connectivity index (χ1) is 9.49. The smallest absolute Gasteiger partial charge is 0.280 e. The molecule has 1 rings (SSSR count). The van der Waals surface area contributed by atoms with Crippen LogP contribution in [-0.4, -0.2) is 20.0 Å². The highest BCUT2D eigenvalue weighted by Gasteiger charge is 2.38. The number of sulfone groups is 1. The van der Waals surface area contributed by atoms with Gasteiger partial charge in [0.05, 0.1) is 11.0 Å². The quantitative estimate of drug-likeness (QED) is 0.629. The molecule has 0 fully saturated rings. The SMILES string of the molecule is N#CC=CS(=O)(=O)c1ccc(NS(=O)(=O)C(Cl)(Cl)Cl)cc1. The van der Waals surface area contributed by atoms with Crippen LogP contribution in [0.3, 0.4) is 0 Å². The Bertz CT molecular complexity index is 788. The van der Waals surface area contributed by atoms with E-state index >= 15 is 0 Å². The van der Waals surface area contributed by atoms with Crippen molar-refractivity contribution in [3.05, 3.63) is 35.7 Å². The van der Waals surface area contributed by atoms with E-state index in [4.69, 9.17) is 40.1 Å². The van der Waals surface area contributed by atoms with Crippen molar-refractivity contribution in [1.29, 1.82) is 5.26 Å². The molecule has 0 saturated heterocycles. The van der Waals surface area contributed by atoms with Crippen LogP contribution in [0.4, 0.5) is 5.69 Å². The minimum atomic E-state index is -4.27. The number of benzene rings is 1. The zero-order valence-electron chi connectivity index (χ0n) is 9.99. The van der Waals surface area contributed by atoms with E-state index in [0.29, 0.717) is 0 Å². The molecule has 11 heteroatoms. The summed E-state index contributed by atoms with van der Waals surface area (Å²) in [5, 5.41) is 9.04. The Morgan fingerprint density at radius 3 is 2.05 bits per heavy atom. The lowest BCUT2D eigenvalue weighted by Crippen LogP contribution is -2.27. The fourth-order valence-electron chi connectivity index (χ4n) is 1.12. The van der Waals surface area contributed by atoms with Gasteiger partial charge in [-0.25, -0.2) is 16.8 Å². The number of sulfonamides is 1. The van der Waals surface area contributed by atoms with Crippen LogP contribution in [-0.2, 0) is 19.9 Å². The average molecular weight is 390 g/mol. The van der Waals surface area contributed by atoms with Gasteiger partial charge in [0.25, 0.3) is 10.0 Å². The van der Waals surface area contributed by atoms with Crippen LogP contribution in [0.2, 0.25) is 0 Å². The molecule has 0 unspecified atom stereocenters. The van der Waals surface area contributed by atoms with E-state index < -0.39 is 23.0 Å². The molecule has 0 spiro atoms. The van der Waals surface area contributed by atoms with Crippen molar-refractivity contribution in [2.45, 2.75) is 8.02 Å². The minimum Gasteiger partial charge on any atom is -0.280 e. The number of halogens is 3. The van der Waals surface area contributed by atoms with Crippen LogP contribution in [0, 0.1) is 11.3 Å². The van der Waals surface area contributed by atoms with Crippen LogP contribution >= 0.6 is 34.8 Å². The lowest BCUT2D eigenvalue weighted by molar-refractivity contribution is 0.601. The van der Waals surface area contributed by atoms with E-state index in [0.717, 1.165) is 23.6 Å². The third kappa shape index (κ3) is 4.76. The highest BCUT2D eigenvalue weighted by molar-refractivity contribution is 7.98. The maximum atomic E-state index is 11.7. The van der Waals surface area contributed by atoms with Gasteiger partial charge in [0.1, 0.15) is 0 Å². The van der Waals surface area contributed by atoms with Gasteiger partial charge in [0.2, 0.25) is 9.84 Å². The van der Waals surface area contributed by atoms with E-state index in [1.54, 1.807) is 6.07 Å². The molecule has 0 heterocycles. The summed E-state index contributed by atoms with van der Waals surface area (Å²) in [6.45, 7) is 0. The molecule has 21 heavy (non-hydrogen) atoms. The van der Waals surface area contributed by atoms with E-state index in [9.17, 15) is 16.8 Å². The Morgan fingerprint density at radius 2 is 1.62 bits per heavy atom. The van der Waals surface area contributed by atoms with Gasteiger partial charge in [-0.2, -0.15) is 5.26 Å². The van der Waals surface area contributed by atoms with E-state index in [2.05, 4.69) is 0 Å². The molecule has 0 aliphatic carbocycles. The normalized spacial score (nSPS) is 13.0. The zero-order chi connectivity index (χ0) is 16.3. The summed E-state index contributed by atoms with van der Waals surface area (Å²) in [7, 11) is -8.04. The number of hydrogen-bond acceptors (Lipinski definition) is 5. The number of hydrogen-bond donors (Lipinski definition) is 1. The molecule has 0 atom stereocenters. The molecule has 0 aliphatic rings. The van der Waals surface area contributed by atoms with Gasteiger partial charge in [0.15, 0.2) is 0 Å². The monoisotopic (exact) mass is 388 g/mol. The summed E-state index contributed by atoms with van der Waals surface area (Å²) in [5.74, 6) is 0. The molecule has 0 radical (unpaired) electrons. The van der Waals surface area contributed by atoms with Crippen molar-refractivity contribution in [2.75, 3.05) is 4.72 Å². The summed E-state index contributed by atoms with van der Waals surface area (Å²) in [6, 6.07) is 6.21. The van der Waals surface area contributed by atoms with Crippen LogP contribution in [0.15, 0.2) is 40.6 Å². The van der Waals surface area contributed by atoms with Crippen molar-refractivity contribution in [1.82, 2.24) is 0 Å². The molecule has 1 N–H and O–H groups in total. The molecular formula is C10H7Cl3N2O4S2. The second-order valence-corrected chi connectivity index (χ2v) is 10.2. The van der Waals surface area contributed by atoms with E-state index in [1.807, 2.05) is 4.72 Å². The van der Waals surface area contributed by atoms with Crippen molar-refractivity contribution < 1.29 is 16.8 Å². The van der Waals surface area contributed by atoms with Gasteiger partial charge in [-0.05, 0) is 24.3 Å². The number of nitrogens with zero attached hydrogens (tertiary/aromatic N) is 1. The van der Waals surface area contributed by atoms with Gasteiger partial charge in [-0.3, -0.25) is 4.72 Å². The number of allylic oxidation sites excluding steroid dienone is 1. The minimum absolute atomic E-state index is 0.0181. The van der Waals surface area contributed by atoms with E-state index in [-0.39, 0.29) is 10.6 Å². The second-order valence-electron chi connectivity index (χ2n) is 3.55. The molecular weight excluding hydrogens is 383 g/mol. The largest absolute Gasteiger partial charge is 0.311 e. The maximum absolute atomic E-state index is 11.7. The Kier molecular flexibility index (Phi) is 5.52. The first kappa shape index (κ1) is 18.1. The number of rotatable bonds is 4. The molecule has 0 aliphatic heterocycles. The van der Waals surface area contributed by atoms with E-state index in [1.165, 1.54) is 12.1 Å². The Labute approximate surface area is 136 Å². The highest BCUT2D eigenvalue weighted by atomic mass is 35.6. The molecule has 0 aromatic heterocycles. The van der Waals surface area contributed by atoms with Crippen LogP contribution in [0.25, 0.3) is 0 Å². The zero-order valence-corrected chi connectivity index (χ0v) is 13.9. The Hall–Kier alpha value is -0.980. The van der Waals surface area contributed by atoms with Gasteiger partial charge in [-0.1, -0.05) is 34.8 Å². The standard InChI is InChI=1S/C10H7Cl3N2O4S2/c11-10(12,13)21(18,19)15-8-2-4-9(5-3-8)20(16,17)7-1-6-14/h1-5,7,15H. The molecule has 0 saturated carbocycles. The predicted molar refractivity (Wildman–Crippen MR) is 81.2 cm³/mol. The van der Waals surface area contributed by atoms with Crippen molar-refractivity contribution in [3.8, 4) is 6.07 Å². The second kappa shape index (κ2) is 6.42. The third-order valence-corrected chi connectivity index (χ3v) is 6.43. The topological polar surface area (TPSA) is 104 Å². The molecule has 6 nitrogen and oxygen atoms in total. The fourth-order valence-corrected chi connectivity index (χ4v) is 2.95. The highest BCUT2D eigenvalue weighted by Crippen LogP contribution is 2.33. The molecule has 114 valence electrons. The lowest BCUT2D eigenvalue weighted by atomic mass is 10.3. The summed E-state index contributed by atoms with van der Waals surface area (Å²) in [4.78, 5) is -0.120. The number of nitriles is 1. The number of nitrogens with one attached hydrogen (secondary N) is 1. The van der Waals surface area contributed by atoms with Crippen molar-refractivity contribution in [2.24, 2.45) is 0 Å². The van der Waals surface area contributed by atoms with Gasteiger partial charge in [0, 0.05) is 17.2 Å². The lowest BCUT2D eigenvalue weighted by Gasteiger charge is -2.14. The van der Waals surface area contributed by atoms with Crippen LogP contribution in [0.1, 0.15) is 0 Å². The fraction of sp³-hybridized carbons (Fsp3) is 0.100. The molecule has 1 aromatic carbocycles. The van der Waals surface area contributed by atoms with Crippen molar-refractivity contribution >= 4 is 60.4 Å². The summed E-state index contributed by atoms with van der Waals surface area (Å²) in [5.41, 5.74) is 0.0181. The molecule has 0 amide bonds. The first-order valence-electron chi connectivity index (χ1n) is 5.00.